The molecular formula is C25H29N3O5. The van der Waals surface area contributed by atoms with Crippen LogP contribution in [0.4, 0.5) is 10.5 Å². The van der Waals surface area contributed by atoms with Gasteiger partial charge < -0.3 is 20.1 Å². The molecule has 1 aromatic carbocycles. The number of pyridine rings is 1. The number of benzene rings is 1. The van der Waals surface area contributed by atoms with Crippen molar-refractivity contribution in [3.8, 4) is 11.1 Å². The van der Waals surface area contributed by atoms with Crippen molar-refractivity contribution in [1.82, 2.24) is 10.3 Å². The van der Waals surface area contributed by atoms with Crippen molar-refractivity contribution in [1.29, 1.82) is 0 Å². The van der Waals surface area contributed by atoms with Crippen LogP contribution in [-0.4, -0.2) is 35.7 Å². The number of hydrogen-bond donors (Lipinski definition) is 2. The van der Waals surface area contributed by atoms with Gasteiger partial charge in [0, 0.05) is 17.4 Å². The summed E-state index contributed by atoms with van der Waals surface area (Å²) in [5, 5.41) is 5.80. The second kappa shape index (κ2) is 9.85. The van der Waals surface area contributed by atoms with E-state index in [1.165, 1.54) is 7.11 Å². The Labute approximate surface area is 193 Å². The molecule has 2 aromatic rings. The average Bonchev–Trinajstić information content (AvgIpc) is 2.75. The van der Waals surface area contributed by atoms with Crippen molar-refractivity contribution >= 4 is 23.7 Å². The molecule has 0 aliphatic carbocycles. The number of anilines is 1. The lowest BCUT2D eigenvalue weighted by Crippen LogP contribution is -2.35. The first-order chi connectivity index (χ1) is 15.6. The molecular weight excluding hydrogens is 422 g/mol. The highest BCUT2D eigenvalue weighted by atomic mass is 16.6. The zero-order valence-electron chi connectivity index (χ0n) is 19.5. The number of nitrogens with one attached hydrogen (secondary N) is 2. The monoisotopic (exact) mass is 451 g/mol. The lowest BCUT2D eigenvalue weighted by molar-refractivity contribution is -0.118. The van der Waals surface area contributed by atoms with Crippen LogP contribution < -0.4 is 10.6 Å². The summed E-state index contributed by atoms with van der Waals surface area (Å²) in [6.07, 6.45) is 5.14. The maximum absolute atomic E-state index is 12.8. The highest BCUT2D eigenvalue weighted by Crippen LogP contribution is 2.32. The van der Waals surface area contributed by atoms with Crippen molar-refractivity contribution in [2.75, 3.05) is 12.4 Å². The van der Waals surface area contributed by atoms with Gasteiger partial charge in [-0.15, -0.1) is 0 Å². The fourth-order valence-corrected chi connectivity index (χ4v) is 3.41. The van der Waals surface area contributed by atoms with E-state index >= 15 is 0 Å². The van der Waals surface area contributed by atoms with Crippen molar-refractivity contribution in [3.05, 3.63) is 59.9 Å². The van der Waals surface area contributed by atoms with Crippen molar-refractivity contribution < 1.29 is 23.9 Å². The molecule has 1 aromatic heterocycles. The normalized spacial score (nSPS) is 19.1. The van der Waals surface area contributed by atoms with E-state index in [0.29, 0.717) is 28.9 Å². The standard InChI is InChI=1S/C25H29N3O5/c1-15-7-6-8-19(28-24(31)33-25(2,3)4)21-13-16(11-12-26-21)18-10-9-17(23(30)32-5)14-20(18)27-22(15)29/h6-7,9-15,19H,8H2,1-5H3,(H,27,29)(H,28,31)/b7-6-/t15-,19+/m1/s1. The third-order valence-electron chi connectivity index (χ3n) is 5.05. The van der Waals surface area contributed by atoms with Crippen molar-refractivity contribution in [3.63, 3.8) is 0 Å². The van der Waals surface area contributed by atoms with Crippen molar-refractivity contribution in [2.24, 2.45) is 5.92 Å². The zero-order chi connectivity index (χ0) is 24.2. The second-order valence-corrected chi connectivity index (χ2v) is 8.86. The van der Waals surface area contributed by atoms with E-state index in [1.807, 2.05) is 18.2 Å². The molecule has 174 valence electrons. The molecule has 0 saturated heterocycles. The average molecular weight is 452 g/mol. The van der Waals surface area contributed by atoms with E-state index in [1.54, 1.807) is 58.2 Å². The Hall–Kier alpha value is -3.68. The molecule has 0 fully saturated rings. The van der Waals surface area contributed by atoms with Crippen LogP contribution in [0.3, 0.4) is 0 Å². The molecule has 2 amide bonds. The minimum atomic E-state index is -0.635. The summed E-state index contributed by atoms with van der Waals surface area (Å²) in [4.78, 5) is 41.8. The number of fused-ring (bicyclic) bond motifs is 4. The van der Waals surface area contributed by atoms with E-state index in [-0.39, 0.29) is 5.91 Å². The molecule has 8 heteroatoms. The minimum absolute atomic E-state index is 0.221. The topological polar surface area (TPSA) is 107 Å². The van der Waals surface area contributed by atoms with Crippen LogP contribution in [-0.2, 0) is 14.3 Å². The van der Waals surface area contributed by atoms with Crippen LogP contribution in [0.25, 0.3) is 11.1 Å². The Morgan fingerprint density at radius 2 is 1.94 bits per heavy atom. The van der Waals surface area contributed by atoms with Gasteiger partial charge in [-0.2, -0.15) is 0 Å². The highest BCUT2D eigenvalue weighted by molar-refractivity contribution is 6.00. The maximum atomic E-state index is 12.8. The molecule has 1 aliphatic rings. The molecule has 33 heavy (non-hydrogen) atoms. The summed E-state index contributed by atoms with van der Waals surface area (Å²) in [5.74, 6) is -1.16. The summed E-state index contributed by atoms with van der Waals surface area (Å²) in [5.41, 5.74) is 2.31. The van der Waals surface area contributed by atoms with Gasteiger partial charge in [-0.1, -0.05) is 25.1 Å². The number of rotatable bonds is 2. The third-order valence-corrected chi connectivity index (χ3v) is 5.05. The highest BCUT2D eigenvalue weighted by Gasteiger charge is 2.23. The number of methoxy groups -OCH3 is 1. The van der Waals surface area contributed by atoms with Gasteiger partial charge >= 0.3 is 12.1 Å². The molecule has 1 aliphatic heterocycles. The molecule has 2 bridgehead atoms. The van der Waals surface area contributed by atoms with Crippen LogP contribution in [0.5, 0.6) is 0 Å². The van der Waals surface area contributed by atoms with Gasteiger partial charge in [0.25, 0.3) is 0 Å². The molecule has 2 heterocycles. The number of amides is 2. The van der Waals surface area contributed by atoms with E-state index < -0.39 is 29.6 Å². The zero-order valence-corrected chi connectivity index (χ0v) is 19.5. The number of alkyl carbamates (subject to hydrolysis) is 1. The molecule has 0 spiro atoms. The molecule has 0 radical (unpaired) electrons. The Bertz CT molecular complexity index is 1090. The third kappa shape index (κ3) is 6.19. The first-order valence-corrected chi connectivity index (χ1v) is 10.7. The molecule has 3 rings (SSSR count). The number of carbonyl (C=O) groups is 3. The summed E-state index contributed by atoms with van der Waals surface area (Å²) in [7, 11) is 1.31. The van der Waals surface area contributed by atoms with Gasteiger partial charge in [-0.3, -0.25) is 9.78 Å². The first-order valence-electron chi connectivity index (χ1n) is 10.7. The van der Waals surface area contributed by atoms with E-state index in [4.69, 9.17) is 9.47 Å². The predicted molar refractivity (Wildman–Crippen MR) is 125 cm³/mol. The smallest absolute Gasteiger partial charge is 0.408 e. The van der Waals surface area contributed by atoms with Crippen LogP contribution in [0.1, 0.15) is 56.2 Å². The van der Waals surface area contributed by atoms with Gasteiger partial charge in [0.15, 0.2) is 0 Å². The number of nitrogens with zero attached hydrogens (tertiary/aromatic N) is 1. The van der Waals surface area contributed by atoms with Gasteiger partial charge in [0.2, 0.25) is 5.91 Å². The van der Waals surface area contributed by atoms with Gasteiger partial charge in [0.1, 0.15) is 5.60 Å². The Morgan fingerprint density at radius 1 is 1.18 bits per heavy atom. The lowest BCUT2D eigenvalue weighted by Gasteiger charge is -2.23. The summed E-state index contributed by atoms with van der Waals surface area (Å²) in [6.45, 7) is 7.17. The van der Waals surface area contributed by atoms with Gasteiger partial charge in [-0.25, -0.2) is 9.59 Å². The van der Waals surface area contributed by atoms with Gasteiger partial charge in [0.05, 0.1) is 30.3 Å². The molecule has 0 unspecified atom stereocenters. The number of ether oxygens (including phenoxy) is 2. The van der Waals surface area contributed by atoms with Crippen molar-refractivity contribution in [2.45, 2.75) is 45.8 Å². The summed E-state index contributed by atoms with van der Waals surface area (Å²) in [6, 6.07) is 8.19. The number of hydrogen-bond acceptors (Lipinski definition) is 6. The van der Waals surface area contributed by atoms with Crippen LogP contribution in [0.2, 0.25) is 0 Å². The number of carbonyl (C=O) groups excluding carboxylic acids is 3. The van der Waals surface area contributed by atoms with E-state index in [9.17, 15) is 14.4 Å². The number of aromatic nitrogens is 1. The first kappa shape index (κ1) is 24.0. The van der Waals surface area contributed by atoms with Crippen LogP contribution in [0, 0.1) is 5.92 Å². The summed E-state index contributed by atoms with van der Waals surface area (Å²) >= 11 is 0. The predicted octanol–water partition coefficient (Wildman–Crippen LogP) is 4.64. The Morgan fingerprint density at radius 3 is 2.64 bits per heavy atom. The van der Waals surface area contributed by atoms with Gasteiger partial charge in [-0.05, 0) is 57.0 Å². The van der Waals surface area contributed by atoms with E-state index in [2.05, 4.69) is 15.6 Å². The lowest BCUT2D eigenvalue weighted by atomic mass is 9.98. The van der Waals surface area contributed by atoms with Crippen LogP contribution >= 0.6 is 0 Å². The molecule has 2 atom stereocenters. The molecule has 2 N–H and O–H groups in total. The van der Waals surface area contributed by atoms with E-state index in [0.717, 1.165) is 5.56 Å². The fourth-order valence-electron chi connectivity index (χ4n) is 3.41. The molecule has 8 nitrogen and oxygen atoms in total. The SMILES string of the molecule is COC(=O)c1ccc2c(c1)NC(=O)[C@H](C)/C=C\C[C@H](NC(=O)OC(C)(C)C)c1cc-2ccn1. The largest absolute Gasteiger partial charge is 0.465 e. The summed E-state index contributed by atoms with van der Waals surface area (Å²) < 4.78 is 10.2. The minimum Gasteiger partial charge on any atom is -0.465 e. The van der Waals surface area contributed by atoms with Crippen LogP contribution in [0.15, 0.2) is 48.7 Å². The second-order valence-electron chi connectivity index (χ2n) is 8.86. The Kier molecular flexibility index (Phi) is 7.16. The molecule has 0 saturated carbocycles. The number of esters is 1. The quantitative estimate of drug-likeness (QED) is 0.509. The Balaban J connectivity index is 2.07. The fraction of sp³-hybridized carbons (Fsp3) is 0.360. The maximum Gasteiger partial charge on any atom is 0.408 e.